The first-order chi connectivity index (χ1) is 6.85. The zero-order valence-corrected chi connectivity index (χ0v) is 9.29. The van der Waals surface area contributed by atoms with Crippen molar-refractivity contribution in [1.29, 1.82) is 0 Å². The van der Waals surface area contributed by atoms with Gasteiger partial charge in [0.25, 0.3) is 0 Å². The van der Waals surface area contributed by atoms with Crippen molar-refractivity contribution < 1.29 is 14.6 Å². The van der Waals surface area contributed by atoms with Gasteiger partial charge in [0.1, 0.15) is 0 Å². The summed E-state index contributed by atoms with van der Waals surface area (Å²) in [5.41, 5.74) is 0. The molecule has 0 radical (unpaired) electrons. The van der Waals surface area contributed by atoms with Crippen molar-refractivity contribution in [3.05, 3.63) is 0 Å². The molecule has 0 fully saturated rings. The van der Waals surface area contributed by atoms with Crippen LogP contribution in [0.15, 0.2) is 0 Å². The molecule has 0 aliphatic rings. The van der Waals surface area contributed by atoms with Crippen LogP contribution in [0.3, 0.4) is 0 Å². The Morgan fingerprint density at radius 1 is 1.21 bits per heavy atom. The molecule has 0 aromatic rings. The molecule has 0 rings (SSSR count). The lowest BCUT2D eigenvalue weighted by Crippen LogP contribution is -2.32. The molecule has 0 saturated carbocycles. The molecular weight excluding hydrogens is 182 g/mol. The van der Waals surface area contributed by atoms with Crippen LogP contribution in [0.5, 0.6) is 0 Å². The van der Waals surface area contributed by atoms with E-state index in [1.165, 1.54) is 0 Å². The summed E-state index contributed by atoms with van der Waals surface area (Å²) in [4.78, 5) is 0. The van der Waals surface area contributed by atoms with Crippen LogP contribution in [0.25, 0.3) is 0 Å². The lowest BCUT2D eigenvalue weighted by Gasteiger charge is -2.14. The number of hydrogen-bond donors (Lipinski definition) is 2. The third kappa shape index (κ3) is 8.44. The molecule has 2 N–H and O–H groups in total. The van der Waals surface area contributed by atoms with Gasteiger partial charge in [0.15, 0.2) is 0 Å². The van der Waals surface area contributed by atoms with Gasteiger partial charge in [0.05, 0.1) is 12.7 Å². The topological polar surface area (TPSA) is 50.7 Å². The molecule has 0 saturated heterocycles. The van der Waals surface area contributed by atoms with Gasteiger partial charge >= 0.3 is 0 Å². The van der Waals surface area contributed by atoms with Gasteiger partial charge in [0.2, 0.25) is 0 Å². The van der Waals surface area contributed by atoms with E-state index >= 15 is 0 Å². The summed E-state index contributed by atoms with van der Waals surface area (Å²) >= 11 is 0. The fourth-order valence-electron chi connectivity index (χ4n) is 1.20. The Labute approximate surface area is 86.6 Å². The molecule has 0 aliphatic heterocycles. The third-order valence-corrected chi connectivity index (χ3v) is 2.07. The molecule has 0 aliphatic carbocycles. The second-order valence-corrected chi connectivity index (χ2v) is 3.30. The number of hydrogen-bond acceptors (Lipinski definition) is 4. The quantitative estimate of drug-likeness (QED) is 0.507. The van der Waals surface area contributed by atoms with Crippen molar-refractivity contribution >= 4 is 0 Å². The summed E-state index contributed by atoms with van der Waals surface area (Å²) in [6.07, 6.45) is 3.21. The van der Waals surface area contributed by atoms with Crippen LogP contribution in [0.4, 0.5) is 0 Å². The molecule has 0 aromatic heterocycles. The summed E-state index contributed by atoms with van der Waals surface area (Å²) < 4.78 is 10.2. The Bertz CT molecular complexity index is 112. The van der Waals surface area contributed by atoms with E-state index in [2.05, 4.69) is 5.32 Å². The van der Waals surface area contributed by atoms with Crippen molar-refractivity contribution in [2.24, 2.45) is 0 Å². The number of aliphatic hydroxyl groups excluding tert-OH is 1. The minimum absolute atomic E-state index is 0.137. The Hall–Kier alpha value is -0.160. The van der Waals surface area contributed by atoms with E-state index in [0.717, 1.165) is 32.4 Å². The predicted molar refractivity (Wildman–Crippen MR) is 56.5 cm³/mol. The Balaban J connectivity index is 3.15. The molecule has 0 amide bonds. The van der Waals surface area contributed by atoms with E-state index in [-0.39, 0.29) is 6.10 Å². The minimum atomic E-state index is 0.137. The van der Waals surface area contributed by atoms with E-state index < -0.39 is 0 Å². The highest BCUT2D eigenvalue weighted by atomic mass is 16.5. The number of nitrogens with one attached hydrogen (secondary N) is 1. The van der Waals surface area contributed by atoms with Crippen LogP contribution < -0.4 is 5.32 Å². The highest BCUT2D eigenvalue weighted by Gasteiger charge is 2.04. The summed E-state index contributed by atoms with van der Waals surface area (Å²) in [6, 6.07) is 0. The molecule has 14 heavy (non-hydrogen) atoms. The number of unbranched alkanes of at least 4 members (excludes halogenated alkanes) is 2. The molecule has 4 heteroatoms. The number of rotatable bonds is 10. The highest BCUT2D eigenvalue weighted by Crippen LogP contribution is 1.93. The summed E-state index contributed by atoms with van der Waals surface area (Å²) in [5.74, 6) is 0. The lowest BCUT2D eigenvalue weighted by atomic mass is 10.2. The maximum Gasteiger partial charge on any atom is 0.0928 e. The van der Waals surface area contributed by atoms with Crippen LogP contribution >= 0.6 is 0 Å². The van der Waals surface area contributed by atoms with Gasteiger partial charge in [-0.1, -0.05) is 0 Å². The normalized spacial score (nSPS) is 13.1. The van der Waals surface area contributed by atoms with Crippen LogP contribution in [0.1, 0.15) is 19.3 Å². The third-order valence-electron chi connectivity index (χ3n) is 2.07. The van der Waals surface area contributed by atoms with E-state index in [4.69, 9.17) is 14.6 Å². The van der Waals surface area contributed by atoms with Crippen molar-refractivity contribution in [3.8, 4) is 0 Å². The predicted octanol–water partition coefficient (Wildman–Crippen LogP) is 0.400. The molecule has 1 atom stereocenters. The van der Waals surface area contributed by atoms with Gasteiger partial charge in [-0.05, 0) is 25.8 Å². The summed E-state index contributed by atoms with van der Waals surface area (Å²) in [7, 11) is 3.37. The Morgan fingerprint density at radius 3 is 2.57 bits per heavy atom. The average molecular weight is 205 g/mol. The van der Waals surface area contributed by atoms with Gasteiger partial charge in [-0.3, -0.25) is 0 Å². The van der Waals surface area contributed by atoms with Gasteiger partial charge in [-0.2, -0.15) is 0 Å². The second-order valence-electron chi connectivity index (χ2n) is 3.30. The summed E-state index contributed by atoms with van der Waals surface area (Å²) in [6.45, 7) is 2.72. The van der Waals surface area contributed by atoms with Gasteiger partial charge in [-0.25, -0.2) is 0 Å². The monoisotopic (exact) mass is 205 g/mol. The fourth-order valence-corrected chi connectivity index (χ4v) is 1.20. The molecule has 0 spiro atoms. The van der Waals surface area contributed by atoms with Crippen molar-refractivity contribution in [3.63, 3.8) is 0 Å². The minimum Gasteiger partial charge on any atom is -0.396 e. The van der Waals surface area contributed by atoms with Crippen LogP contribution in [0.2, 0.25) is 0 Å². The fraction of sp³-hybridized carbons (Fsp3) is 1.00. The first-order valence-corrected chi connectivity index (χ1v) is 5.18. The van der Waals surface area contributed by atoms with Gasteiger partial charge < -0.3 is 19.9 Å². The molecule has 0 bridgehead atoms. The molecule has 0 heterocycles. The van der Waals surface area contributed by atoms with Gasteiger partial charge in [-0.15, -0.1) is 0 Å². The van der Waals surface area contributed by atoms with E-state index in [9.17, 15) is 0 Å². The SMILES string of the molecule is COCC(CNCCCCCO)OC. The highest BCUT2D eigenvalue weighted by molar-refractivity contribution is 4.59. The van der Waals surface area contributed by atoms with E-state index in [0.29, 0.717) is 13.2 Å². The van der Waals surface area contributed by atoms with Crippen molar-refractivity contribution in [2.45, 2.75) is 25.4 Å². The van der Waals surface area contributed by atoms with Crippen molar-refractivity contribution in [1.82, 2.24) is 5.32 Å². The van der Waals surface area contributed by atoms with Crippen LogP contribution in [-0.4, -0.2) is 51.7 Å². The zero-order valence-electron chi connectivity index (χ0n) is 9.29. The Morgan fingerprint density at radius 2 is 2.00 bits per heavy atom. The van der Waals surface area contributed by atoms with Gasteiger partial charge in [0, 0.05) is 27.4 Å². The molecule has 4 nitrogen and oxygen atoms in total. The molecule has 1 unspecified atom stereocenters. The molecular formula is C10H23NO3. The first-order valence-electron chi connectivity index (χ1n) is 5.18. The van der Waals surface area contributed by atoms with Crippen LogP contribution in [0, 0.1) is 0 Å². The number of ether oxygens (including phenoxy) is 2. The largest absolute Gasteiger partial charge is 0.396 e. The second kappa shape index (κ2) is 10.9. The maximum atomic E-state index is 8.56. The number of methoxy groups -OCH3 is 2. The smallest absolute Gasteiger partial charge is 0.0928 e. The van der Waals surface area contributed by atoms with E-state index in [1.54, 1.807) is 14.2 Å². The standard InChI is InChI=1S/C10H23NO3/c1-13-9-10(14-2)8-11-6-4-3-5-7-12/h10-12H,3-9H2,1-2H3. The number of aliphatic hydroxyl groups is 1. The van der Waals surface area contributed by atoms with Crippen LogP contribution in [-0.2, 0) is 9.47 Å². The summed E-state index contributed by atoms with van der Waals surface area (Å²) in [5, 5.41) is 11.9. The zero-order chi connectivity index (χ0) is 10.6. The van der Waals surface area contributed by atoms with Crippen molar-refractivity contribution in [2.75, 3.05) is 40.5 Å². The first kappa shape index (κ1) is 13.8. The maximum absolute atomic E-state index is 8.56. The molecule has 86 valence electrons. The average Bonchev–Trinajstić information content (AvgIpc) is 2.21. The molecule has 0 aromatic carbocycles. The Kier molecular flexibility index (Phi) is 10.8. The van der Waals surface area contributed by atoms with E-state index in [1.807, 2.05) is 0 Å². The lowest BCUT2D eigenvalue weighted by molar-refractivity contribution is 0.0290.